The largest absolute Gasteiger partial charge is 0.357 e. The number of carbonyl (C=O) groups excluding carboxylic acids is 1. The number of hydrogen-bond donors (Lipinski definition) is 0. The molecule has 0 bridgehead atoms. The van der Waals surface area contributed by atoms with E-state index in [1.54, 1.807) is 23.4 Å². The Labute approximate surface area is 200 Å². The van der Waals surface area contributed by atoms with Crippen molar-refractivity contribution in [3.63, 3.8) is 0 Å². The summed E-state index contributed by atoms with van der Waals surface area (Å²) < 4.78 is 2.15. The van der Waals surface area contributed by atoms with E-state index in [2.05, 4.69) is 24.8 Å². The molecule has 3 heterocycles. The third-order valence-electron chi connectivity index (χ3n) is 6.44. The summed E-state index contributed by atoms with van der Waals surface area (Å²) in [6.45, 7) is 8.53. The zero-order valence-electron chi connectivity index (χ0n) is 19.4. The summed E-state index contributed by atoms with van der Waals surface area (Å²) in [5, 5.41) is 9.62. The summed E-state index contributed by atoms with van der Waals surface area (Å²) in [7, 11) is 1.71. The predicted octanol–water partition coefficient (Wildman–Crippen LogP) is 4.58. The maximum Gasteiger partial charge on any atom is 0.270 e. The second kappa shape index (κ2) is 10.7. The molecule has 2 aliphatic rings. The molecule has 0 spiro atoms. The van der Waals surface area contributed by atoms with E-state index in [0.717, 1.165) is 63.0 Å². The lowest BCUT2D eigenvalue weighted by atomic mass is 9.97. The first kappa shape index (κ1) is 24.5. The highest BCUT2D eigenvalue weighted by atomic mass is 32.2. The van der Waals surface area contributed by atoms with Gasteiger partial charge < -0.3 is 4.90 Å². The average Bonchev–Trinajstić information content (AvgIpc) is 3.03. The smallest absolute Gasteiger partial charge is 0.270 e. The summed E-state index contributed by atoms with van der Waals surface area (Å²) in [4.78, 5) is 30.5. The van der Waals surface area contributed by atoms with Crippen molar-refractivity contribution >= 4 is 46.1 Å². The van der Waals surface area contributed by atoms with E-state index in [-0.39, 0.29) is 17.0 Å². The Balaban J connectivity index is 2.01. The molecule has 1 aromatic heterocycles. The molecule has 0 radical (unpaired) electrons. The van der Waals surface area contributed by atoms with Crippen LogP contribution in [-0.2, 0) is 11.8 Å². The highest BCUT2D eigenvalue weighted by Crippen LogP contribution is 2.36. The topological polar surface area (TPSA) is 69.3 Å². The van der Waals surface area contributed by atoms with Gasteiger partial charge in [-0.3, -0.25) is 19.1 Å². The Morgan fingerprint density at radius 3 is 2.53 bits per heavy atom. The van der Waals surface area contributed by atoms with E-state index in [9.17, 15) is 14.9 Å². The number of hydrogen-bond acceptors (Lipinski definition) is 6. The molecule has 8 heteroatoms. The lowest BCUT2D eigenvalue weighted by Gasteiger charge is -2.34. The van der Waals surface area contributed by atoms with Gasteiger partial charge in [0.1, 0.15) is 21.8 Å². The number of pyridine rings is 1. The lowest BCUT2D eigenvalue weighted by Crippen LogP contribution is -2.38. The van der Waals surface area contributed by atoms with Crippen LogP contribution in [0.15, 0.2) is 9.70 Å². The Kier molecular flexibility index (Phi) is 8.18. The average molecular weight is 473 g/mol. The second-order valence-electron chi connectivity index (χ2n) is 8.78. The van der Waals surface area contributed by atoms with Crippen LogP contribution in [0.3, 0.4) is 0 Å². The van der Waals surface area contributed by atoms with Crippen molar-refractivity contribution in [1.29, 1.82) is 5.26 Å². The fraction of sp³-hybridized carbons (Fsp3) is 0.583. The molecule has 32 heavy (non-hydrogen) atoms. The fourth-order valence-corrected chi connectivity index (χ4v) is 5.63. The molecule has 172 valence electrons. The number of nitrogens with zero attached hydrogens (tertiary/aromatic N) is 4. The minimum Gasteiger partial charge on any atom is -0.357 e. The molecule has 1 amide bonds. The fourth-order valence-electron chi connectivity index (χ4n) is 4.34. The first-order chi connectivity index (χ1) is 15.3. The Morgan fingerprint density at radius 2 is 1.91 bits per heavy atom. The molecular formula is C24H32N4O2S2. The van der Waals surface area contributed by atoms with Crippen LogP contribution in [0.4, 0.5) is 5.82 Å². The first-order valence-corrected chi connectivity index (χ1v) is 12.7. The molecule has 2 aliphatic heterocycles. The van der Waals surface area contributed by atoms with E-state index >= 15 is 0 Å². The predicted molar refractivity (Wildman–Crippen MR) is 136 cm³/mol. The van der Waals surface area contributed by atoms with Gasteiger partial charge in [0.2, 0.25) is 0 Å². The van der Waals surface area contributed by atoms with Gasteiger partial charge in [-0.1, -0.05) is 57.1 Å². The van der Waals surface area contributed by atoms with Crippen LogP contribution >= 0.6 is 24.0 Å². The van der Waals surface area contributed by atoms with E-state index < -0.39 is 0 Å². The molecule has 3 rings (SSSR count). The van der Waals surface area contributed by atoms with Crippen molar-refractivity contribution in [3.8, 4) is 6.07 Å². The molecule has 6 nitrogen and oxygen atoms in total. The van der Waals surface area contributed by atoms with Crippen molar-refractivity contribution in [2.75, 3.05) is 24.5 Å². The standard InChI is InChI=1S/C24H32N4O2S2/c1-5-6-7-8-11-28-23(30)20(32-24(28)31)14-18-17(3)19(15-25)22(29)26(4)21(18)27-12-9-16(2)10-13-27/h14,16H,5-13H2,1-4H3/b20-14-. The van der Waals surface area contributed by atoms with Gasteiger partial charge in [0.05, 0.1) is 4.91 Å². The van der Waals surface area contributed by atoms with Gasteiger partial charge in [0, 0.05) is 32.2 Å². The van der Waals surface area contributed by atoms with Gasteiger partial charge in [-0.05, 0) is 43.7 Å². The molecule has 2 saturated heterocycles. The van der Waals surface area contributed by atoms with Crippen LogP contribution in [0.5, 0.6) is 0 Å². The monoisotopic (exact) mass is 472 g/mol. The summed E-state index contributed by atoms with van der Waals surface area (Å²) in [5.74, 6) is 1.35. The number of unbranched alkanes of at least 4 members (excludes halogenated alkanes) is 3. The third-order valence-corrected chi connectivity index (χ3v) is 7.81. The number of carbonyl (C=O) groups is 1. The quantitative estimate of drug-likeness (QED) is 0.329. The molecule has 0 N–H and O–H groups in total. The lowest BCUT2D eigenvalue weighted by molar-refractivity contribution is -0.122. The zero-order chi connectivity index (χ0) is 23.4. The van der Waals surface area contributed by atoms with Gasteiger partial charge in [-0.2, -0.15) is 5.26 Å². The molecule has 0 saturated carbocycles. The third kappa shape index (κ3) is 4.94. The maximum atomic E-state index is 13.1. The summed E-state index contributed by atoms with van der Waals surface area (Å²) >= 11 is 6.81. The minimum absolute atomic E-state index is 0.0820. The van der Waals surface area contributed by atoms with Crippen molar-refractivity contribution in [2.24, 2.45) is 13.0 Å². The molecule has 0 aliphatic carbocycles. The SMILES string of the molecule is CCCCCCN1C(=O)/C(=C/c2c(C)c(C#N)c(=O)n(C)c2N2CCC(C)CC2)SC1=S. The number of thioether (sulfide) groups is 1. The van der Waals surface area contributed by atoms with Crippen molar-refractivity contribution < 1.29 is 4.79 Å². The molecule has 0 unspecified atom stereocenters. The van der Waals surface area contributed by atoms with E-state index in [1.165, 1.54) is 11.8 Å². The summed E-state index contributed by atoms with van der Waals surface area (Å²) in [6, 6.07) is 2.07. The number of piperidine rings is 1. The van der Waals surface area contributed by atoms with Crippen LogP contribution in [0, 0.1) is 24.2 Å². The van der Waals surface area contributed by atoms with Gasteiger partial charge in [-0.15, -0.1) is 0 Å². The van der Waals surface area contributed by atoms with Gasteiger partial charge in [0.25, 0.3) is 11.5 Å². The molecule has 0 aromatic carbocycles. The Hall–Kier alpha value is -2.11. The molecular weight excluding hydrogens is 440 g/mol. The maximum absolute atomic E-state index is 13.1. The van der Waals surface area contributed by atoms with Crippen LogP contribution in [0.25, 0.3) is 6.08 Å². The van der Waals surface area contributed by atoms with Crippen molar-refractivity contribution in [1.82, 2.24) is 9.47 Å². The van der Waals surface area contributed by atoms with Crippen molar-refractivity contribution in [3.05, 3.63) is 31.9 Å². The number of amides is 1. The zero-order valence-corrected chi connectivity index (χ0v) is 21.1. The van der Waals surface area contributed by atoms with Crippen LogP contribution < -0.4 is 10.5 Å². The van der Waals surface area contributed by atoms with Gasteiger partial charge >= 0.3 is 0 Å². The minimum atomic E-state index is -0.292. The number of thiocarbonyl (C=S) groups is 1. The van der Waals surface area contributed by atoms with Crippen LogP contribution in [0.1, 0.15) is 69.1 Å². The van der Waals surface area contributed by atoms with Crippen LogP contribution in [-0.4, -0.2) is 39.3 Å². The van der Waals surface area contributed by atoms with E-state index in [4.69, 9.17) is 12.2 Å². The number of aromatic nitrogens is 1. The number of anilines is 1. The second-order valence-corrected chi connectivity index (χ2v) is 10.5. The van der Waals surface area contributed by atoms with Crippen molar-refractivity contribution in [2.45, 2.75) is 59.3 Å². The Morgan fingerprint density at radius 1 is 1.22 bits per heavy atom. The Bertz CT molecular complexity index is 1030. The molecule has 1 aromatic rings. The number of rotatable bonds is 7. The summed E-state index contributed by atoms with van der Waals surface area (Å²) in [6.07, 6.45) is 8.24. The molecule has 0 atom stereocenters. The first-order valence-electron chi connectivity index (χ1n) is 11.4. The highest BCUT2D eigenvalue weighted by Gasteiger charge is 2.33. The van der Waals surface area contributed by atoms with Gasteiger partial charge in [-0.25, -0.2) is 0 Å². The van der Waals surface area contributed by atoms with E-state index in [0.29, 0.717) is 27.3 Å². The normalized spacial score (nSPS) is 18.7. The van der Waals surface area contributed by atoms with Crippen LogP contribution in [0.2, 0.25) is 0 Å². The van der Waals surface area contributed by atoms with E-state index in [1.807, 2.05) is 6.08 Å². The number of nitriles is 1. The summed E-state index contributed by atoms with van der Waals surface area (Å²) in [5.41, 5.74) is 1.23. The molecule has 2 fully saturated rings. The van der Waals surface area contributed by atoms with Gasteiger partial charge in [0.15, 0.2) is 0 Å². The highest BCUT2D eigenvalue weighted by molar-refractivity contribution is 8.26.